The van der Waals surface area contributed by atoms with Crippen LogP contribution in [0.25, 0.3) is 38.7 Å². The molecule has 0 spiro atoms. The Labute approximate surface area is 154 Å². The van der Waals surface area contributed by atoms with E-state index in [0.717, 1.165) is 43.7 Å². The van der Waals surface area contributed by atoms with Crippen LogP contribution in [-0.2, 0) is 0 Å². The van der Waals surface area contributed by atoms with Gasteiger partial charge < -0.3 is 0 Å². The van der Waals surface area contributed by atoms with Gasteiger partial charge in [-0.2, -0.15) is 0 Å². The van der Waals surface area contributed by atoms with E-state index in [0.29, 0.717) is 5.02 Å². The largest absolute Gasteiger partial charge is 0.293 e. The molecule has 5 rings (SSSR count). The quantitative estimate of drug-likeness (QED) is 0.327. The van der Waals surface area contributed by atoms with Crippen LogP contribution in [0.1, 0.15) is 0 Å². The van der Waals surface area contributed by atoms with Crippen LogP contribution in [0, 0.1) is 0 Å². The van der Waals surface area contributed by atoms with Crippen molar-refractivity contribution in [1.29, 1.82) is 0 Å². The zero-order chi connectivity index (χ0) is 17.0. The second-order valence-electron chi connectivity index (χ2n) is 6.03. The van der Waals surface area contributed by atoms with E-state index in [9.17, 15) is 0 Å². The molecule has 0 fully saturated rings. The molecule has 0 N–H and O–H groups in total. The maximum atomic E-state index is 6.20. The van der Waals surface area contributed by atoms with Crippen LogP contribution >= 0.6 is 23.2 Å². The Hall–Kier alpha value is -2.55. The summed E-state index contributed by atoms with van der Waals surface area (Å²) in [6.45, 7) is 0. The lowest BCUT2D eigenvalue weighted by molar-refractivity contribution is 1.17. The molecule has 0 bridgehead atoms. The number of hydrogen-bond donors (Lipinski definition) is 0. The van der Waals surface area contributed by atoms with Gasteiger partial charge in [-0.25, -0.2) is 4.98 Å². The predicted molar refractivity (Wildman–Crippen MR) is 106 cm³/mol. The maximum Gasteiger partial charge on any atom is 0.145 e. The van der Waals surface area contributed by atoms with Crippen LogP contribution in [0.3, 0.4) is 0 Å². The summed E-state index contributed by atoms with van der Waals surface area (Å²) < 4.78 is 2.19. The van der Waals surface area contributed by atoms with Gasteiger partial charge in [0, 0.05) is 26.4 Å². The summed E-state index contributed by atoms with van der Waals surface area (Å²) in [5.74, 6) is 0.891. The third-order valence-corrected chi connectivity index (χ3v) is 4.97. The molecule has 2 aromatic heterocycles. The van der Waals surface area contributed by atoms with Crippen molar-refractivity contribution in [2.45, 2.75) is 0 Å². The first-order chi connectivity index (χ1) is 12.2. The molecule has 25 heavy (non-hydrogen) atoms. The fourth-order valence-electron chi connectivity index (χ4n) is 3.36. The van der Waals surface area contributed by atoms with Crippen molar-refractivity contribution < 1.29 is 0 Å². The number of fused-ring (bicyclic) bond motifs is 5. The van der Waals surface area contributed by atoms with Crippen LogP contribution in [-0.4, -0.2) is 9.38 Å². The van der Waals surface area contributed by atoms with Crippen molar-refractivity contribution in [2.75, 3.05) is 0 Å². The first kappa shape index (κ1) is 14.8. The molecular weight excluding hydrogens is 351 g/mol. The third kappa shape index (κ3) is 2.30. The van der Waals surface area contributed by atoms with Crippen molar-refractivity contribution in [3.8, 4) is 11.4 Å². The molecule has 0 aliphatic heterocycles. The van der Waals surface area contributed by atoms with Gasteiger partial charge in [0.25, 0.3) is 0 Å². The molecule has 5 aromatic rings. The number of benzene rings is 3. The first-order valence-corrected chi connectivity index (χ1v) is 8.72. The average Bonchev–Trinajstić information content (AvgIpc) is 3.00. The van der Waals surface area contributed by atoms with Gasteiger partial charge in [0.15, 0.2) is 0 Å². The Balaban J connectivity index is 2.00. The van der Waals surface area contributed by atoms with Crippen LogP contribution in [0.5, 0.6) is 0 Å². The Morgan fingerprint density at radius 1 is 0.720 bits per heavy atom. The van der Waals surface area contributed by atoms with E-state index in [1.807, 2.05) is 60.7 Å². The highest BCUT2D eigenvalue weighted by atomic mass is 35.5. The number of nitrogens with zero attached hydrogens (tertiary/aromatic N) is 2. The van der Waals surface area contributed by atoms with Crippen molar-refractivity contribution in [3.63, 3.8) is 0 Å². The first-order valence-electron chi connectivity index (χ1n) is 7.96. The molecule has 0 aliphatic rings. The number of halogens is 2. The number of rotatable bonds is 1. The van der Waals surface area contributed by atoms with Crippen LogP contribution in [0.4, 0.5) is 0 Å². The highest BCUT2D eigenvalue weighted by Crippen LogP contribution is 2.32. The average molecular weight is 363 g/mol. The van der Waals surface area contributed by atoms with Gasteiger partial charge in [-0.1, -0.05) is 41.4 Å². The summed E-state index contributed by atoms with van der Waals surface area (Å²) in [7, 11) is 0. The Morgan fingerprint density at radius 3 is 2.32 bits per heavy atom. The van der Waals surface area contributed by atoms with Gasteiger partial charge >= 0.3 is 0 Å². The number of hydrogen-bond acceptors (Lipinski definition) is 1. The highest BCUT2D eigenvalue weighted by Gasteiger charge is 2.14. The standard InChI is InChI=1S/C21H12Cl2N2/c22-15-7-5-13(6-8-15)21-24-18-4-2-1-3-17(18)20-12-14-11-16(23)9-10-19(14)25(20)21/h1-12H. The zero-order valence-corrected chi connectivity index (χ0v) is 14.6. The van der Waals surface area contributed by atoms with Gasteiger partial charge in [0.05, 0.1) is 16.6 Å². The summed E-state index contributed by atoms with van der Waals surface area (Å²) in [6, 6.07) is 24.1. The molecule has 0 aliphatic carbocycles. The summed E-state index contributed by atoms with van der Waals surface area (Å²) >= 11 is 12.3. The summed E-state index contributed by atoms with van der Waals surface area (Å²) in [6.07, 6.45) is 0. The number of para-hydroxylation sites is 1. The van der Waals surface area contributed by atoms with Gasteiger partial charge in [0.1, 0.15) is 5.82 Å². The lowest BCUT2D eigenvalue weighted by Gasteiger charge is -2.10. The second-order valence-corrected chi connectivity index (χ2v) is 6.90. The molecule has 120 valence electrons. The molecule has 2 heterocycles. The molecule has 0 unspecified atom stereocenters. The third-order valence-electron chi connectivity index (χ3n) is 4.48. The maximum absolute atomic E-state index is 6.20. The normalized spacial score (nSPS) is 11.6. The zero-order valence-electron chi connectivity index (χ0n) is 13.1. The Bertz CT molecular complexity index is 1250. The SMILES string of the molecule is Clc1ccc(-c2nc3ccccc3c3cc4cc(Cl)ccc4n23)cc1. The smallest absolute Gasteiger partial charge is 0.145 e. The van der Waals surface area contributed by atoms with Crippen molar-refractivity contribution >= 4 is 50.5 Å². The minimum absolute atomic E-state index is 0.713. The molecule has 3 aromatic carbocycles. The van der Waals surface area contributed by atoms with E-state index >= 15 is 0 Å². The van der Waals surface area contributed by atoms with E-state index in [1.165, 1.54) is 0 Å². The van der Waals surface area contributed by atoms with E-state index < -0.39 is 0 Å². The van der Waals surface area contributed by atoms with Crippen LogP contribution in [0.2, 0.25) is 10.0 Å². The Kier molecular flexibility index (Phi) is 3.24. The van der Waals surface area contributed by atoms with Crippen LogP contribution in [0.15, 0.2) is 72.8 Å². The predicted octanol–water partition coefficient (Wildman–Crippen LogP) is 6.61. The van der Waals surface area contributed by atoms with E-state index in [1.54, 1.807) is 0 Å². The summed E-state index contributed by atoms with van der Waals surface area (Å²) in [4.78, 5) is 4.93. The van der Waals surface area contributed by atoms with E-state index in [2.05, 4.69) is 16.5 Å². The molecule has 2 nitrogen and oxygen atoms in total. The fraction of sp³-hybridized carbons (Fsp3) is 0. The van der Waals surface area contributed by atoms with Gasteiger partial charge in [-0.3, -0.25) is 4.40 Å². The summed E-state index contributed by atoms with van der Waals surface area (Å²) in [5.41, 5.74) is 4.19. The Morgan fingerprint density at radius 2 is 1.48 bits per heavy atom. The highest BCUT2D eigenvalue weighted by molar-refractivity contribution is 6.31. The van der Waals surface area contributed by atoms with Gasteiger partial charge in [0.2, 0.25) is 0 Å². The summed E-state index contributed by atoms with van der Waals surface area (Å²) in [5, 5.41) is 3.66. The molecule has 0 saturated heterocycles. The monoisotopic (exact) mass is 362 g/mol. The van der Waals surface area contributed by atoms with Crippen molar-refractivity contribution in [3.05, 3.63) is 82.8 Å². The minimum atomic E-state index is 0.713. The lowest BCUT2D eigenvalue weighted by Crippen LogP contribution is -1.97. The molecule has 0 atom stereocenters. The van der Waals surface area contributed by atoms with Crippen LogP contribution < -0.4 is 0 Å². The molecule has 0 saturated carbocycles. The minimum Gasteiger partial charge on any atom is -0.293 e. The topological polar surface area (TPSA) is 17.3 Å². The van der Waals surface area contributed by atoms with E-state index in [-0.39, 0.29) is 0 Å². The van der Waals surface area contributed by atoms with Crippen molar-refractivity contribution in [1.82, 2.24) is 9.38 Å². The fourth-order valence-corrected chi connectivity index (χ4v) is 3.66. The lowest BCUT2D eigenvalue weighted by atomic mass is 10.1. The molecule has 0 amide bonds. The van der Waals surface area contributed by atoms with Gasteiger partial charge in [-0.05, 0) is 54.6 Å². The molecular formula is C21H12Cl2N2. The number of aromatic nitrogens is 2. The molecule has 4 heteroatoms. The van der Waals surface area contributed by atoms with E-state index in [4.69, 9.17) is 28.2 Å². The molecule has 0 radical (unpaired) electrons. The van der Waals surface area contributed by atoms with Crippen molar-refractivity contribution in [2.24, 2.45) is 0 Å². The second kappa shape index (κ2) is 5.48. The van der Waals surface area contributed by atoms with Gasteiger partial charge in [-0.15, -0.1) is 0 Å².